The summed E-state index contributed by atoms with van der Waals surface area (Å²) in [5.41, 5.74) is 2.69. The fraction of sp³-hybridized carbons (Fsp3) is 0.0909. The van der Waals surface area contributed by atoms with Crippen LogP contribution < -0.4 is 5.32 Å². The lowest BCUT2D eigenvalue weighted by molar-refractivity contribution is 0.102. The van der Waals surface area contributed by atoms with E-state index in [1.165, 1.54) is 46.0 Å². The minimum absolute atomic E-state index is 0.302. The number of amides is 1. The Balaban J connectivity index is 1.64. The molecule has 4 rings (SSSR count). The maximum Gasteiger partial charge on any atom is 0.276 e. The number of thiazole rings is 1. The summed E-state index contributed by atoms with van der Waals surface area (Å²) in [6.45, 7) is 4.10. The third-order valence-corrected chi connectivity index (χ3v) is 6.53. The van der Waals surface area contributed by atoms with Crippen LogP contribution in [0.4, 0.5) is 5.13 Å². The molecule has 0 spiro atoms. The topological polar surface area (TPSA) is 67.8 Å². The molecule has 0 fully saturated rings. The zero-order chi connectivity index (χ0) is 20.9. The van der Waals surface area contributed by atoms with E-state index < -0.39 is 0 Å². The molecule has 1 N–H and O–H groups in total. The number of rotatable bonds is 6. The van der Waals surface area contributed by atoms with Gasteiger partial charge < -0.3 is 0 Å². The van der Waals surface area contributed by atoms with Gasteiger partial charge in [-0.3, -0.25) is 10.1 Å². The van der Waals surface area contributed by atoms with E-state index in [0.717, 1.165) is 9.79 Å². The van der Waals surface area contributed by atoms with Crippen molar-refractivity contribution < 1.29 is 4.79 Å². The van der Waals surface area contributed by atoms with Crippen molar-refractivity contribution in [2.75, 3.05) is 5.32 Å². The highest BCUT2D eigenvalue weighted by Crippen LogP contribution is 2.31. The van der Waals surface area contributed by atoms with Crippen molar-refractivity contribution in [1.29, 1.82) is 0 Å². The number of carbonyl (C=O) groups excluding carboxylic acids is 1. The van der Waals surface area contributed by atoms with Crippen molar-refractivity contribution >= 4 is 45.9 Å². The van der Waals surface area contributed by atoms with Gasteiger partial charge in [0.25, 0.3) is 5.91 Å². The number of hydrogen-bond acceptors (Lipinski definition) is 7. The summed E-state index contributed by atoms with van der Waals surface area (Å²) in [7, 11) is 0. The standard InChI is InChI=1S/C22H18N4OS3/c1-14-3-7-16(8-4-14)29-19-13-18(20(27)26-21-23-11-12-28-21)24-22(25-19)30-17-9-5-15(2)6-10-17/h3-13H,1-2H3,(H,23,26,27). The Hall–Kier alpha value is -2.68. The number of aromatic nitrogens is 3. The van der Waals surface area contributed by atoms with Crippen LogP contribution >= 0.6 is 34.9 Å². The monoisotopic (exact) mass is 450 g/mol. The van der Waals surface area contributed by atoms with Crippen LogP contribution in [0.1, 0.15) is 21.6 Å². The average molecular weight is 451 g/mol. The molecule has 30 heavy (non-hydrogen) atoms. The second-order valence-electron chi connectivity index (χ2n) is 6.50. The maximum absolute atomic E-state index is 12.8. The summed E-state index contributed by atoms with van der Waals surface area (Å²) in [5.74, 6) is -0.302. The minimum Gasteiger partial charge on any atom is -0.296 e. The van der Waals surface area contributed by atoms with E-state index >= 15 is 0 Å². The summed E-state index contributed by atoms with van der Waals surface area (Å²) in [6.07, 6.45) is 1.65. The van der Waals surface area contributed by atoms with Gasteiger partial charge in [0.2, 0.25) is 0 Å². The van der Waals surface area contributed by atoms with Gasteiger partial charge in [0, 0.05) is 27.4 Å². The maximum atomic E-state index is 12.8. The van der Waals surface area contributed by atoms with E-state index in [-0.39, 0.29) is 5.91 Å². The lowest BCUT2D eigenvalue weighted by Crippen LogP contribution is -2.14. The second-order valence-corrected chi connectivity index (χ2v) is 9.52. The number of aryl methyl sites for hydroxylation is 2. The number of benzene rings is 2. The Morgan fingerprint density at radius 2 is 1.53 bits per heavy atom. The lowest BCUT2D eigenvalue weighted by Gasteiger charge is -2.08. The summed E-state index contributed by atoms with van der Waals surface area (Å²) in [4.78, 5) is 28.1. The van der Waals surface area contributed by atoms with Crippen molar-refractivity contribution in [3.63, 3.8) is 0 Å². The van der Waals surface area contributed by atoms with E-state index in [0.29, 0.717) is 21.0 Å². The van der Waals surface area contributed by atoms with Gasteiger partial charge in [-0.1, -0.05) is 47.2 Å². The molecule has 2 aromatic heterocycles. The largest absolute Gasteiger partial charge is 0.296 e. The summed E-state index contributed by atoms with van der Waals surface area (Å²) in [5, 5.41) is 6.39. The predicted octanol–water partition coefficient (Wildman–Crippen LogP) is 6.10. The molecule has 5 nitrogen and oxygen atoms in total. The van der Waals surface area contributed by atoms with Crippen LogP contribution in [-0.2, 0) is 0 Å². The molecule has 0 bridgehead atoms. The molecular formula is C22H18N4OS3. The molecule has 1 amide bonds. The first-order chi connectivity index (χ1) is 14.5. The smallest absolute Gasteiger partial charge is 0.276 e. The molecule has 0 saturated carbocycles. The second kappa shape index (κ2) is 9.42. The molecular weight excluding hydrogens is 432 g/mol. The zero-order valence-corrected chi connectivity index (χ0v) is 18.8. The van der Waals surface area contributed by atoms with Crippen molar-refractivity contribution in [2.24, 2.45) is 0 Å². The SMILES string of the molecule is Cc1ccc(Sc2cc(C(=O)Nc3nccs3)nc(Sc3ccc(C)cc3)n2)cc1. The molecule has 2 aromatic carbocycles. The average Bonchev–Trinajstić information content (AvgIpc) is 3.24. The first-order valence-electron chi connectivity index (χ1n) is 9.14. The number of carbonyl (C=O) groups is 1. The van der Waals surface area contributed by atoms with E-state index in [1.807, 2.05) is 48.7 Å². The molecule has 2 heterocycles. The van der Waals surface area contributed by atoms with Crippen LogP contribution in [0.25, 0.3) is 0 Å². The molecule has 0 saturated heterocycles. The first-order valence-corrected chi connectivity index (χ1v) is 11.7. The number of nitrogens with zero attached hydrogens (tertiary/aromatic N) is 3. The Labute approximate surface area is 187 Å². The Kier molecular flexibility index (Phi) is 6.47. The third kappa shape index (κ3) is 5.47. The normalized spacial score (nSPS) is 10.7. The molecule has 0 aliphatic rings. The van der Waals surface area contributed by atoms with Crippen LogP contribution in [0.2, 0.25) is 0 Å². The van der Waals surface area contributed by atoms with Crippen LogP contribution in [-0.4, -0.2) is 20.9 Å². The molecule has 150 valence electrons. The molecule has 0 radical (unpaired) electrons. The highest BCUT2D eigenvalue weighted by Gasteiger charge is 2.15. The molecule has 0 aliphatic carbocycles. The van der Waals surface area contributed by atoms with E-state index in [2.05, 4.69) is 39.3 Å². The first kappa shape index (κ1) is 20.6. The molecule has 0 unspecified atom stereocenters. The minimum atomic E-state index is -0.302. The van der Waals surface area contributed by atoms with Gasteiger partial charge in [0.05, 0.1) is 0 Å². The molecule has 0 aliphatic heterocycles. The van der Waals surface area contributed by atoms with Crippen LogP contribution in [0.5, 0.6) is 0 Å². The molecule has 4 aromatic rings. The van der Waals surface area contributed by atoms with Gasteiger partial charge in [0.1, 0.15) is 10.7 Å². The van der Waals surface area contributed by atoms with Crippen LogP contribution in [0, 0.1) is 13.8 Å². The van der Waals surface area contributed by atoms with Crippen LogP contribution in [0.15, 0.2) is 86.1 Å². The summed E-state index contributed by atoms with van der Waals surface area (Å²) in [6, 6.07) is 18.1. The van der Waals surface area contributed by atoms with Gasteiger partial charge in [-0.2, -0.15) is 0 Å². The van der Waals surface area contributed by atoms with Gasteiger partial charge in [-0.25, -0.2) is 15.0 Å². The molecule has 8 heteroatoms. The Morgan fingerprint density at radius 1 is 0.900 bits per heavy atom. The van der Waals surface area contributed by atoms with Crippen molar-refractivity contribution in [2.45, 2.75) is 33.8 Å². The quantitative estimate of drug-likeness (QED) is 0.283. The van der Waals surface area contributed by atoms with E-state index in [9.17, 15) is 4.79 Å². The fourth-order valence-corrected chi connectivity index (χ4v) is 4.67. The highest BCUT2D eigenvalue weighted by molar-refractivity contribution is 7.99. The number of hydrogen-bond donors (Lipinski definition) is 1. The lowest BCUT2D eigenvalue weighted by atomic mass is 10.2. The molecule has 0 atom stereocenters. The number of nitrogens with one attached hydrogen (secondary N) is 1. The van der Waals surface area contributed by atoms with Gasteiger partial charge in [0.15, 0.2) is 10.3 Å². The summed E-state index contributed by atoms with van der Waals surface area (Å²) >= 11 is 4.31. The van der Waals surface area contributed by atoms with Gasteiger partial charge in [-0.15, -0.1) is 11.3 Å². The zero-order valence-electron chi connectivity index (χ0n) is 16.3. The van der Waals surface area contributed by atoms with E-state index in [4.69, 9.17) is 0 Å². The highest BCUT2D eigenvalue weighted by atomic mass is 32.2. The van der Waals surface area contributed by atoms with Crippen LogP contribution in [0.3, 0.4) is 0 Å². The number of anilines is 1. The Bertz CT molecular complexity index is 1080. The van der Waals surface area contributed by atoms with Gasteiger partial charge >= 0.3 is 0 Å². The fourth-order valence-electron chi connectivity index (χ4n) is 2.50. The van der Waals surface area contributed by atoms with Crippen molar-refractivity contribution in [1.82, 2.24) is 15.0 Å². The van der Waals surface area contributed by atoms with Crippen molar-refractivity contribution in [3.8, 4) is 0 Å². The third-order valence-electron chi connectivity index (χ3n) is 4.04. The van der Waals surface area contributed by atoms with E-state index in [1.54, 1.807) is 12.3 Å². The van der Waals surface area contributed by atoms with Crippen molar-refractivity contribution in [3.05, 3.63) is 83.0 Å². The summed E-state index contributed by atoms with van der Waals surface area (Å²) < 4.78 is 0. The Morgan fingerprint density at radius 3 is 2.13 bits per heavy atom. The predicted molar refractivity (Wildman–Crippen MR) is 123 cm³/mol. The van der Waals surface area contributed by atoms with Gasteiger partial charge in [-0.05, 0) is 49.9 Å².